The maximum atomic E-state index is 13.7. The van der Waals surface area contributed by atoms with Crippen LogP contribution >= 0.6 is 0 Å². The average molecular weight is 328 g/mol. The molecule has 1 aromatic carbocycles. The van der Waals surface area contributed by atoms with Gasteiger partial charge in [-0.1, -0.05) is 18.2 Å². The molecule has 1 aromatic heterocycles. The maximum Gasteiger partial charge on any atom is 0.306 e. The fourth-order valence-electron chi connectivity index (χ4n) is 3.29. The van der Waals surface area contributed by atoms with Crippen molar-refractivity contribution in [3.05, 3.63) is 65.2 Å². The molecule has 0 spiro atoms. The summed E-state index contributed by atoms with van der Waals surface area (Å²) in [6.07, 6.45) is 3.02. The van der Waals surface area contributed by atoms with Crippen molar-refractivity contribution in [3.63, 3.8) is 0 Å². The number of aromatic nitrogens is 1. The van der Waals surface area contributed by atoms with Crippen LogP contribution in [0.3, 0.4) is 0 Å². The van der Waals surface area contributed by atoms with Gasteiger partial charge in [0.05, 0.1) is 17.7 Å². The van der Waals surface area contributed by atoms with Crippen LogP contribution in [0.2, 0.25) is 0 Å². The van der Waals surface area contributed by atoms with E-state index in [0.29, 0.717) is 25.9 Å². The van der Waals surface area contributed by atoms with Crippen molar-refractivity contribution < 1.29 is 14.3 Å². The Bertz CT molecular complexity index is 710. The number of halogens is 1. The number of rotatable bonds is 4. The first-order chi connectivity index (χ1) is 11.5. The zero-order valence-electron chi connectivity index (χ0n) is 13.7. The summed E-state index contributed by atoms with van der Waals surface area (Å²) in [6.45, 7) is 3.30. The van der Waals surface area contributed by atoms with Crippen molar-refractivity contribution in [1.29, 1.82) is 0 Å². The molecule has 4 nitrogen and oxygen atoms in total. The molecule has 126 valence electrons. The van der Waals surface area contributed by atoms with Gasteiger partial charge in [0.15, 0.2) is 0 Å². The maximum absolute atomic E-state index is 13.7. The van der Waals surface area contributed by atoms with Gasteiger partial charge in [-0.25, -0.2) is 4.39 Å². The van der Waals surface area contributed by atoms with Crippen molar-refractivity contribution >= 4 is 5.97 Å². The molecule has 2 heterocycles. The molecule has 1 aliphatic rings. The lowest BCUT2D eigenvalue weighted by molar-refractivity contribution is -0.143. The average Bonchev–Trinajstić information content (AvgIpc) is 2.57. The minimum absolute atomic E-state index is 0.156. The number of carboxylic acids is 1. The van der Waals surface area contributed by atoms with Gasteiger partial charge in [-0.2, -0.15) is 0 Å². The molecule has 1 fully saturated rings. The predicted octanol–water partition coefficient (Wildman–Crippen LogP) is 3.42. The second-order valence-corrected chi connectivity index (χ2v) is 6.37. The van der Waals surface area contributed by atoms with Gasteiger partial charge >= 0.3 is 5.97 Å². The van der Waals surface area contributed by atoms with Crippen molar-refractivity contribution in [2.45, 2.75) is 25.8 Å². The molecule has 1 N–H and O–H groups in total. The molecule has 1 unspecified atom stereocenters. The summed E-state index contributed by atoms with van der Waals surface area (Å²) >= 11 is 0. The molecule has 1 aliphatic heterocycles. The minimum Gasteiger partial charge on any atom is -0.481 e. The third-order valence-corrected chi connectivity index (χ3v) is 4.62. The van der Waals surface area contributed by atoms with E-state index in [2.05, 4.69) is 9.88 Å². The summed E-state index contributed by atoms with van der Waals surface area (Å²) in [4.78, 5) is 17.9. The van der Waals surface area contributed by atoms with Gasteiger partial charge in [0.2, 0.25) is 0 Å². The molecule has 0 bridgehead atoms. The Labute approximate surface area is 141 Å². The van der Waals surface area contributed by atoms with Crippen LogP contribution in [0.5, 0.6) is 0 Å². The Morgan fingerprint density at radius 3 is 2.62 bits per heavy atom. The number of pyridine rings is 1. The molecule has 0 aliphatic carbocycles. The normalized spacial score (nSPS) is 17.6. The minimum atomic E-state index is -0.731. The number of nitrogens with zero attached hydrogens (tertiary/aromatic N) is 2. The Kier molecular flexibility index (Phi) is 4.90. The molecular formula is C19H21FN2O2. The molecule has 5 heteroatoms. The second-order valence-electron chi connectivity index (χ2n) is 6.37. The number of aryl methyl sites for hydroxylation is 1. The quantitative estimate of drug-likeness (QED) is 0.934. The highest BCUT2D eigenvalue weighted by Crippen LogP contribution is 2.32. The Hall–Kier alpha value is -2.27. The highest BCUT2D eigenvalue weighted by Gasteiger charge is 2.30. The summed E-state index contributed by atoms with van der Waals surface area (Å²) < 4.78 is 13.7. The number of benzene rings is 1. The number of likely N-dealkylation sites (tertiary alicyclic amines) is 1. The van der Waals surface area contributed by atoms with Gasteiger partial charge < -0.3 is 5.11 Å². The van der Waals surface area contributed by atoms with Gasteiger partial charge in [0, 0.05) is 6.20 Å². The SMILES string of the molecule is Cc1ccc(C(c2cccc(F)c2)N2CCC(C(=O)O)CC2)nc1. The first-order valence-corrected chi connectivity index (χ1v) is 8.19. The fourth-order valence-corrected chi connectivity index (χ4v) is 3.29. The smallest absolute Gasteiger partial charge is 0.306 e. The van der Waals surface area contributed by atoms with Crippen molar-refractivity contribution in [2.75, 3.05) is 13.1 Å². The van der Waals surface area contributed by atoms with E-state index in [1.807, 2.05) is 31.3 Å². The van der Waals surface area contributed by atoms with Crippen LogP contribution < -0.4 is 0 Å². The number of hydrogen-bond acceptors (Lipinski definition) is 3. The largest absolute Gasteiger partial charge is 0.481 e. The lowest BCUT2D eigenvalue weighted by Gasteiger charge is -2.36. The van der Waals surface area contributed by atoms with E-state index in [0.717, 1.165) is 16.8 Å². The van der Waals surface area contributed by atoms with Gasteiger partial charge in [0.25, 0.3) is 0 Å². The van der Waals surface area contributed by atoms with Gasteiger partial charge in [-0.15, -0.1) is 0 Å². The van der Waals surface area contributed by atoms with E-state index in [1.54, 1.807) is 6.07 Å². The molecule has 0 radical (unpaired) electrons. The molecule has 1 atom stereocenters. The van der Waals surface area contributed by atoms with Crippen LogP contribution in [-0.2, 0) is 4.79 Å². The number of carbonyl (C=O) groups is 1. The number of aliphatic carboxylic acids is 1. The third-order valence-electron chi connectivity index (χ3n) is 4.62. The van der Waals surface area contributed by atoms with E-state index >= 15 is 0 Å². The summed E-state index contributed by atoms with van der Waals surface area (Å²) in [7, 11) is 0. The summed E-state index contributed by atoms with van der Waals surface area (Å²) in [5.41, 5.74) is 2.78. The van der Waals surface area contributed by atoms with Crippen LogP contribution in [0.1, 0.15) is 35.7 Å². The van der Waals surface area contributed by atoms with Crippen LogP contribution in [0.25, 0.3) is 0 Å². The van der Waals surface area contributed by atoms with Crippen LogP contribution in [0.4, 0.5) is 4.39 Å². The van der Waals surface area contributed by atoms with Crippen LogP contribution in [0.15, 0.2) is 42.6 Å². The zero-order chi connectivity index (χ0) is 17.1. The van der Waals surface area contributed by atoms with E-state index in [-0.39, 0.29) is 17.8 Å². The highest BCUT2D eigenvalue weighted by atomic mass is 19.1. The lowest BCUT2D eigenvalue weighted by atomic mass is 9.93. The van der Waals surface area contributed by atoms with E-state index < -0.39 is 5.97 Å². The van der Waals surface area contributed by atoms with Gasteiger partial charge in [-0.05, 0) is 62.2 Å². The third kappa shape index (κ3) is 3.62. The second kappa shape index (κ2) is 7.09. The molecule has 0 saturated carbocycles. The topological polar surface area (TPSA) is 53.4 Å². The predicted molar refractivity (Wildman–Crippen MR) is 89.1 cm³/mol. The summed E-state index contributed by atoms with van der Waals surface area (Å²) in [5, 5.41) is 9.18. The highest BCUT2D eigenvalue weighted by molar-refractivity contribution is 5.70. The van der Waals surface area contributed by atoms with E-state index in [4.69, 9.17) is 0 Å². The van der Waals surface area contributed by atoms with E-state index in [1.165, 1.54) is 12.1 Å². The molecule has 1 saturated heterocycles. The molecule has 24 heavy (non-hydrogen) atoms. The lowest BCUT2D eigenvalue weighted by Crippen LogP contribution is -2.39. The van der Waals surface area contributed by atoms with Crippen molar-refractivity contribution in [2.24, 2.45) is 5.92 Å². The monoisotopic (exact) mass is 328 g/mol. The first kappa shape index (κ1) is 16.6. The summed E-state index contributed by atoms with van der Waals surface area (Å²) in [6, 6.07) is 10.4. The molecule has 3 rings (SSSR count). The van der Waals surface area contributed by atoms with Gasteiger partial charge in [0.1, 0.15) is 5.82 Å². The van der Waals surface area contributed by atoms with Crippen LogP contribution in [0, 0.1) is 18.7 Å². The first-order valence-electron chi connectivity index (χ1n) is 8.19. The Balaban J connectivity index is 1.91. The van der Waals surface area contributed by atoms with E-state index in [9.17, 15) is 14.3 Å². The van der Waals surface area contributed by atoms with Crippen molar-refractivity contribution in [3.8, 4) is 0 Å². The van der Waals surface area contributed by atoms with Crippen molar-refractivity contribution in [1.82, 2.24) is 9.88 Å². The molecule has 2 aromatic rings. The fraction of sp³-hybridized carbons (Fsp3) is 0.368. The molecule has 0 amide bonds. The zero-order valence-corrected chi connectivity index (χ0v) is 13.7. The number of piperidine rings is 1. The Morgan fingerprint density at radius 1 is 1.29 bits per heavy atom. The standard InChI is InChI=1S/C19H21FN2O2/c1-13-5-6-17(21-12-13)18(15-3-2-4-16(20)11-15)22-9-7-14(8-10-22)19(23)24/h2-6,11-12,14,18H,7-10H2,1H3,(H,23,24). The molecular weight excluding hydrogens is 307 g/mol. The Morgan fingerprint density at radius 2 is 2.04 bits per heavy atom. The van der Waals surface area contributed by atoms with Gasteiger partial charge in [-0.3, -0.25) is 14.7 Å². The summed E-state index contributed by atoms with van der Waals surface area (Å²) in [5.74, 6) is -1.30. The number of hydrogen-bond donors (Lipinski definition) is 1. The number of carboxylic acid groups (broad SMARTS) is 1. The van der Waals surface area contributed by atoms with Crippen LogP contribution in [-0.4, -0.2) is 34.0 Å².